The number of hydrogen-bond acceptors (Lipinski definition) is 3. The summed E-state index contributed by atoms with van der Waals surface area (Å²) in [5, 5.41) is 19.2. The molecule has 0 amide bonds. The van der Waals surface area contributed by atoms with Gasteiger partial charge in [0.05, 0.1) is 23.2 Å². The Morgan fingerprint density at radius 3 is 2.58 bits per heavy atom. The van der Waals surface area contributed by atoms with Crippen LogP contribution in [0.1, 0.15) is 28.1 Å². The van der Waals surface area contributed by atoms with Crippen LogP contribution < -0.4 is 4.90 Å². The maximum Gasteiger partial charge on any atom is 0.145 e. The molecule has 3 aromatic rings. The number of aromatic nitrogens is 2. The molecule has 5 heteroatoms. The summed E-state index contributed by atoms with van der Waals surface area (Å²) >= 11 is 0. The standard InChI is InChI=1S/C21H22N4O/c1-11-6-5-7-17(14(11)4)25-10-18(26)19(20(25)22)21-23-15-8-12(2)13(3)9-16(15)24-21/h5-9,22,26H,10H2,1-4H3,(H,23,24). The molecule has 0 bridgehead atoms. The lowest BCUT2D eigenvalue weighted by Crippen LogP contribution is -2.27. The molecule has 26 heavy (non-hydrogen) atoms. The number of imidazole rings is 1. The number of aryl methyl sites for hydroxylation is 3. The van der Waals surface area contributed by atoms with Crippen molar-refractivity contribution in [2.75, 3.05) is 11.4 Å². The molecule has 1 aliphatic rings. The number of aromatic amines is 1. The molecular weight excluding hydrogens is 324 g/mol. The average molecular weight is 346 g/mol. The topological polar surface area (TPSA) is 76.0 Å². The fourth-order valence-corrected chi connectivity index (χ4v) is 3.45. The van der Waals surface area contributed by atoms with Crippen LogP contribution in [-0.2, 0) is 0 Å². The molecule has 0 fully saturated rings. The van der Waals surface area contributed by atoms with Crippen LogP contribution in [0.4, 0.5) is 5.69 Å². The van der Waals surface area contributed by atoms with Crippen molar-refractivity contribution in [3.05, 3.63) is 64.2 Å². The second-order valence-corrected chi connectivity index (χ2v) is 7.01. The molecule has 0 unspecified atom stereocenters. The van der Waals surface area contributed by atoms with E-state index in [2.05, 4.69) is 42.9 Å². The minimum Gasteiger partial charge on any atom is -0.509 e. The molecule has 0 spiro atoms. The van der Waals surface area contributed by atoms with Crippen LogP contribution >= 0.6 is 0 Å². The van der Waals surface area contributed by atoms with Crippen molar-refractivity contribution in [2.45, 2.75) is 27.7 Å². The third-order valence-electron chi connectivity index (χ3n) is 5.30. The number of nitrogens with one attached hydrogen (secondary N) is 2. The molecule has 2 aromatic carbocycles. The summed E-state index contributed by atoms with van der Waals surface area (Å²) in [5.74, 6) is 0.979. The SMILES string of the molecule is Cc1cc2nc(C3=C(O)CN(c4cccc(C)c4C)C3=N)[nH]c2cc1C. The van der Waals surface area contributed by atoms with Crippen molar-refractivity contribution in [3.63, 3.8) is 0 Å². The molecule has 2 heterocycles. The fourth-order valence-electron chi connectivity index (χ4n) is 3.45. The van der Waals surface area contributed by atoms with Gasteiger partial charge in [-0.2, -0.15) is 0 Å². The van der Waals surface area contributed by atoms with Gasteiger partial charge in [0.15, 0.2) is 0 Å². The van der Waals surface area contributed by atoms with Gasteiger partial charge in [0.1, 0.15) is 17.4 Å². The summed E-state index contributed by atoms with van der Waals surface area (Å²) < 4.78 is 0. The Labute approximate surface area is 152 Å². The quantitative estimate of drug-likeness (QED) is 0.636. The first-order valence-corrected chi connectivity index (χ1v) is 8.69. The minimum absolute atomic E-state index is 0.170. The zero-order valence-corrected chi connectivity index (χ0v) is 15.4. The van der Waals surface area contributed by atoms with Crippen molar-refractivity contribution < 1.29 is 5.11 Å². The van der Waals surface area contributed by atoms with Crippen molar-refractivity contribution in [2.24, 2.45) is 0 Å². The maximum absolute atomic E-state index is 10.6. The van der Waals surface area contributed by atoms with Gasteiger partial charge in [-0.05, 0) is 68.1 Å². The van der Waals surface area contributed by atoms with Crippen LogP contribution in [0, 0.1) is 33.1 Å². The van der Waals surface area contributed by atoms with Crippen molar-refractivity contribution in [1.82, 2.24) is 9.97 Å². The van der Waals surface area contributed by atoms with Crippen molar-refractivity contribution in [1.29, 1.82) is 5.41 Å². The number of H-pyrrole nitrogens is 1. The molecule has 4 rings (SSSR count). The Hall–Kier alpha value is -3.08. The Bertz CT molecular complexity index is 1050. The molecule has 5 nitrogen and oxygen atoms in total. The third-order valence-corrected chi connectivity index (χ3v) is 5.30. The van der Waals surface area contributed by atoms with E-state index in [1.165, 1.54) is 11.1 Å². The monoisotopic (exact) mass is 346 g/mol. The second kappa shape index (κ2) is 5.73. The highest BCUT2D eigenvalue weighted by Gasteiger charge is 2.32. The number of hydrogen-bond donors (Lipinski definition) is 3. The van der Waals surface area contributed by atoms with Crippen molar-refractivity contribution >= 4 is 28.1 Å². The van der Waals surface area contributed by atoms with E-state index in [4.69, 9.17) is 5.41 Å². The average Bonchev–Trinajstić information content (AvgIpc) is 3.10. The first-order chi connectivity index (χ1) is 12.4. The summed E-state index contributed by atoms with van der Waals surface area (Å²) in [4.78, 5) is 9.72. The first-order valence-electron chi connectivity index (χ1n) is 8.69. The lowest BCUT2D eigenvalue weighted by molar-refractivity contribution is 0.411. The Kier molecular flexibility index (Phi) is 3.61. The van der Waals surface area contributed by atoms with Crippen LogP contribution in [0.2, 0.25) is 0 Å². The van der Waals surface area contributed by atoms with Gasteiger partial charge < -0.3 is 15.0 Å². The van der Waals surface area contributed by atoms with Gasteiger partial charge in [0.25, 0.3) is 0 Å². The Morgan fingerprint density at radius 1 is 1.08 bits per heavy atom. The molecule has 3 N–H and O–H groups in total. The largest absolute Gasteiger partial charge is 0.509 e. The number of nitrogens with zero attached hydrogens (tertiary/aromatic N) is 2. The van der Waals surface area contributed by atoms with E-state index in [1.807, 2.05) is 30.0 Å². The summed E-state index contributed by atoms with van der Waals surface area (Å²) in [6, 6.07) is 10.1. The molecule has 1 aromatic heterocycles. The van der Waals surface area contributed by atoms with E-state index in [0.717, 1.165) is 27.8 Å². The maximum atomic E-state index is 10.6. The van der Waals surface area contributed by atoms with E-state index in [0.29, 0.717) is 11.4 Å². The van der Waals surface area contributed by atoms with E-state index in [-0.39, 0.29) is 18.1 Å². The number of anilines is 1. The number of aliphatic hydroxyl groups is 1. The number of aliphatic hydroxyl groups excluding tert-OH is 1. The van der Waals surface area contributed by atoms with Gasteiger partial charge in [0.2, 0.25) is 0 Å². The highest BCUT2D eigenvalue weighted by molar-refractivity contribution is 6.30. The molecule has 1 aliphatic heterocycles. The van der Waals surface area contributed by atoms with E-state index in [9.17, 15) is 5.11 Å². The normalized spacial score (nSPS) is 14.8. The number of fused-ring (bicyclic) bond motifs is 1. The highest BCUT2D eigenvalue weighted by atomic mass is 16.3. The Morgan fingerprint density at radius 2 is 1.81 bits per heavy atom. The minimum atomic E-state index is 0.170. The summed E-state index contributed by atoms with van der Waals surface area (Å²) in [7, 11) is 0. The van der Waals surface area contributed by atoms with Crippen LogP contribution in [0.25, 0.3) is 16.6 Å². The zero-order valence-electron chi connectivity index (χ0n) is 15.4. The number of amidine groups is 1. The highest BCUT2D eigenvalue weighted by Crippen LogP contribution is 2.33. The van der Waals surface area contributed by atoms with E-state index in [1.54, 1.807) is 0 Å². The van der Waals surface area contributed by atoms with Gasteiger partial charge in [-0.15, -0.1) is 0 Å². The van der Waals surface area contributed by atoms with Crippen LogP contribution in [0.3, 0.4) is 0 Å². The van der Waals surface area contributed by atoms with Crippen LogP contribution in [-0.4, -0.2) is 27.5 Å². The molecular formula is C21H22N4O. The predicted molar refractivity (Wildman–Crippen MR) is 106 cm³/mol. The van der Waals surface area contributed by atoms with Gasteiger partial charge in [-0.25, -0.2) is 4.98 Å². The van der Waals surface area contributed by atoms with Gasteiger partial charge in [0, 0.05) is 5.69 Å². The van der Waals surface area contributed by atoms with Gasteiger partial charge >= 0.3 is 0 Å². The molecule has 0 aliphatic carbocycles. The summed E-state index contributed by atoms with van der Waals surface area (Å²) in [6.07, 6.45) is 0. The number of rotatable bonds is 2. The number of benzene rings is 2. The van der Waals surface area contributed by atoms with Crippen LogP contribution in [0.5, 0.6) is 0 Å². The zero-order chi connectivity index (χ0) is 18.6. The Balaban J connectivity index is 1.77. The summed E-state index contributed by atoms with van der Waals surface area (Å²) in [5.41, 5.74) is 7.82. The molecule has 0 radical (unpaired) electrons. The molecule has 132 valence electrons. The molecule has 0 atom stereocenters. The smallest absolute Gasteiger partial charge is 0.145 e. The second-order valence-electron chi connectivity index (χ2n) is 7.01. The predicted octanol–water partition coefficient (Wildman–Crippen LogP) is 4.56. The van der Waals surface area contributed by atoms with Gasteiger partial charge in [-0.1, -0.05) is 12.1 Å². The third kappa shape index (κ3) is 2.39. The molecule has 0 saturated heterocycles. The summed E-state index contributed by atoms with van der Waals surface area (Å²) in [6.45, 7) is 8.50. The van der Waals surface area contributed by atoms with Crippen molar-refractivity contribution in [3.8, 4) is 0 Å². The van der Waals surface area contributed by atoms with Crippen LogP contribution in [0.15, 0.2) is 36.1 Å². The lowest BCUT2D eigenvalue weighted by Gasteiger charge is -2.21. The van der Waals surface area contributed by atoms with E-state index >= 15 is 0 Å². The first kappa shape index (κ1) is 16.4. The van der Waals surface area contributed by atoms with E-state index < -0.39 is 0 Å². The van der Waals surface area contributed by atoms with Gasteiger partial charge in [-0.3, -0.25) is 5.41 Å². The fraction of sp³-hybridized carbons (Fsp3) is 0.238. The lowest BCUT2D eigenvalue weighted by atomic mass is 10.1. The molecule has 0 saturated carbocycles.